The third-order valence-corrected chi connectivity index (χ3v) is 4.89. The molecule has 0 unspecified atom stereocenters. The highest BCUT2D eigenvalue weighted by Gasteiger charge is 2.23. The fraction of sp³-hybridized carbons (Fsp3) is 0.375. The Hall–Kier alpha value is -3.15. The van der Waals surface area contributed by atoms with Gasteiger partial charge in [-0.3, -0.25) is 14.4 Å². The lowest BCUT2D eigenvalue weighted by Crippen LogP contribution is -2.49. The first-order valence-corrected chi connectivity index (χ1v) is 10.2. The van der Waals surface area contributed by atoms with Crippen LogP contribution in [0, 0.1) is 26.7 Å². The molecule has 6 heteroatoms. The van der Waals surface area contributed by atoms with Gasteiger partial charge in [-0.2, -0.15) is 0 Å². The van der Waals surface area contributed by atoms with E-state index in [1.165, 1.54) is 0 Å². The summed E-state index contributed by atoms with van der Waals surface area (Å²) in [6.07, 6.45) is 0.474. The number of nitrogens with one attached hydrogen (secondary N) is 3. The second-order valence-corrected chi connectivity index (χ2v) is 8.00. The number of hydrogen-bond donors (Lipinski definition) is 3. The number of amides is 3. The zero-order chi connectivity index (χ0) is 22.3. The largest absolute Gasteiger partial charge is 0.345 e. The van der Waals surface area contributed by atoms with Crippen molar-refractivity contribution in [1.29, 1.82) is 0 Å². The molecule has 0 saturated heterocycles. The predicted molar refractivity (Wildman–Crippen MR) is 119 cm³/mol. The number of carbonyl (C=O) groups is 3. The molecule has 6 nitrogen and oxygen atoms in total. The molecule has 2 aromatic rings. The average molecular weight is 410 g/mol. The van der Waals surface area contributed by atoms with Crippen molar-refractivity contribution in [1.82, 2.24) is 10.6 Å². The van der Waals surface area contributed by atoms with E-state index < -0.39 is 6.04 Å². The highest BCUT2D eigenvalue weighted by atomic mass is 16.2. The number of benzene rings is 2. The lowest BCUT2D eigenvalue weighted by molar-refractivity contribution is -0.125. The van der Waals surface area contributed by atoms with Crippen LogP contribution >= 0.6 is 0 Å². The summed E-state index contributed by atoms with van der Waals surface area (Å²) in [6, 6.07) is 12.3. The first kappa shape index (κ1) is 23.1. The fourth-order valence-corrected chi connectivity index (χ4v) is 3.25. The molecule has 0 spiro atoms. The Balaban J connectivity index is 2.00. The van der Waals surface area contributed by atoms with E-state index in [1.54, 1.807) is 12.1 Å². The molecule has 0 saturated carbocycles. The summed E-state index contributed by atoms with van der Waals surface area (Å²) in [4.78, 5) is 37.7. The van der Waals surface area contributed by atoms with Gasteiger partial charge in [-0.1, -0.05) is 50.2 Å². The van der Waals surface area contributed by atoms with E-state index in [9.17, 15) is 14.4 Å². The van der Waals surface area contributed by atoms with Gasteiger partial charge in [0.05, 0.1) is 6.54 Å². The van der Waals surface area contributed by atoms with Crippen LogP contribution in [0.5, 0.6) is 0 Å². The molecule has 2 aromatic carbocycles. The SMILES string of the molecule is Cc1ccccc1C(=O)N[C@H](CC(C)C)C(=O)NCC(=O)Nc1c(C)cccc1C. The first-order chi connectivity index (χ1) is 14.2. The number of para-hydroxylation sites is 1. The van der Waals surface area contributed by atoms with E-state index in [0.29, 0.717) is 12.0 Å². The Morgan fingerprint density at radius 1 is 0.867 bits per heavy atom. The second kappa shape index (κ2) is 10.6. The van der Waals surface area contributed by atoms with E-state index in [-0.39, 0.29) is 30.2 Å². The van der Waals surface area contributed by atoms with Crippen LogP contribution in [0.15, 0.2) is 42.5 Å². The molecule has 1 atom stereocenters. The molecule has 2 rings (SSSR count). The van der Waals surface area contributed by atoms with Gasteiger partial charge in [0, 0.05) is 11.3 Å². The highest BCUT2D eigenvalue weighted by Crippen LogP contribution is 2.19. The van der Waals surface area contributed by atoms with Gasteiger partial charge in [-0.15, -0.1) is 0 Å². The van der Waals surface area contributed by atoms with Crippen LogP contribution in [0.3, 0.4) is 0 Å². The molecule has 0 aliphatic rings. The van der Waals surface area contributed by atoms with Crippen molar-refractivity contribution >= 4 is 23.4 Å². The normalized spacial score (nSPS) is 11.7. The summed E-state index contributed by atoms with van der Waals surface area (Å²) in [6.45, 7) is 9.48. The molecule has 0 aliphatic heterocycles. The topological polar surface area (TPSA) is 87.3 Å². The minimum absolute atomic E-state index is 0.165. The summed E-state index contributed by atoms with van der Waals surface area (Å²) in [5.74, 6) is -0.785. The van der Waals surface area contributed by atoms with Crippen molar-refractivity contribution in [3.8, 4) is 0 Å². The van der Waals surface area contributed by atoms with E-state index in [2.05, 4.69) is 16.0 Å². The van der Waals surface area contributed by atoms with Gasteiger partial charge in [0.2, 0.25) is 11.8 Å². The van der Waals surface area contributed by atoms with Crippen LogP contribution in [0.4, 0.5) is 5.69 Å². The molecule has 0 fully saturated rings. The summed E-state index contributed by atoms with van der Waals surface area (Å²) in [7, 11) is 0. The van der Waals surface area contributed by atoms with Gasteiger partial charge in [-0.25, -0.2) is 0 Å². The molecule has 0 heterocycles. The average Bonchev–Trinajstić information content (AvgIpc) is 2.68. The molecule has 0 aliphatic carbocycles. The van der Waals surface area contributed by atoms with Crippen molar-refractivity contribution in [2.45, 2.75) is 47.1 Å². The summed E-state index contributed by atoms with van der Waals surface area (Å²) < 4.78 is 0. The predicted octanol–water partition coefficient (Wildman–Crippen LogP) is 3.51. The highest BCUT2D eigenvalue weighted by molar-refractivity contribution is 6.00. The van der Waals surface area contributed by atoms with Crippen molar-refractivity contribution in [2.75, 3.05) is 11.9 Å². The molecule has 3 amide bonds. The van der Waals surface area contributed by atoms with Crippen molar-refractivity contribution in [3.05, 3.63) is 64.7 Å². The van der Waals surface area contributed by atoms with Gasteiger partial charge in [0.15, 0.2) is 0 Å². The minimum atomic E-state index is -0.717. The van der Waals surface area contributed by atoms with Crippen LogP contribution in [0.2, 0.25) is 0 Å². The number of anilines is 1. The Bertz CT molecular complexity index is 901. The van der Waals surface area contributed by atoms with E-state index in [4.69, 9.17) is 0 Å². The number of carbonyl (C=O) groups excluding carboxylic acids is 3. The van der Waals surface area contributed by atoms with Gasteiger partial charge in [-0.05, 0) is 55.9 Å². The monoisotopic (exact) mass is 409 g/mol. The minimum Gasteiger partial charge on any atom is -0.345 e. The fourth-order valence-electron chi connectivity index (χ4n) is 3.25. The quantitative estimate of drug-likeness (QED) is 0.623. The van der Waals surface area contributed by atoms with Crippen molar-refractivity contribution < 1.29 is 14.4 Å². The lowest BCUT2D eigenvalue weighted by atomic mass is 10.0. The molecule has 3 N–H and O–H groups in total. The maximum absolute atomic E-state index is 12.7. The van der Waals surface area contributed by atoms with Crippen LogP contribution in [-0.2, 0) is 9.59 Å². The number of hydrogen-bond acceptors (Lipinski definition) is 3. The number of aryl methyl sites for hydroxylation is 3. The Labute approximate surface area is 178 Å². The Kier molecular flexibility index (Phi) is 8.16. The molecule has 0 radical (unpaired) electrons. The second-order valence-electron chi connectivity index (χ2n) is 8.00. The first-order valence-electron chi connectivity index (χ1n) is 10.2. The number of rotatable bonds is 8. The van der Waals surface area contributed by atoms with Gasteiger partial charge in [0.1, 0.15) is 6.04 Å². The molecule has 30 heavy (non-hydrogen) atoms. The Morgan fingerprint density at radius 2 is 1.47 bits per heavy atom. The van der Waals surface area contributed by atoms with E-state index >= 15 is 0 Å². The van der Waals surface area contributed by atoms with Gasteiger partial charge >= 0.3 is 0 Å². The van der Waals surface area contributed by atoms with Crippen LogP contribution in [0.25, 0.3) is 0 Å². The molecule has 160 valence electrons. The zero-order valence-corrected chi connectivity index (χ0v) is 18.3. The van der Waals surface area contributed by atoms with E-state index in [1.807, 2.05) is 65.0 Å². The Morgan fingerprint density at radius 3 is 2.07 bits per heavy atom. The van der Waals surface area contributed by atoms with Gasteiger partial charge in [0.25, 0.3) is 5.91 Å². The zero-order valence-electron chi connectivity index (χ0n) is 18.3. The third kappa shape index (κ3) is 6.44. The van der Waals surface area contributed by atoms with Gasteiger partial charge < -0.3 is 16.0 Å². The molecule has 0 aromatic heterocycles. The standard InChI is InChI=1S/C24H31N3O3/c1-15(2)13-20(26-23(29)19-12-7-6-9-16(19)3)24(30)25-14-21(28)27-22-17(4)10-8-11-18(22)5/h6-12,15,20H,13-14H2,1-5H3,(H,25,30)(H,26,29)(H,27,28)/t20-/m1/s1. The summed E-state index contributed by atoms with van der Waals surface area (Å²) in [5.41, 5.74) is 4.04. The van der Waals surface area contributed by atoms with Crippen molar-refractivity contribution in [3.63, 3.8) is 0 Å². The van der Waals surface area contributed by atoms with Crippen LogP contribution < -0.4 is 16.0 Å². The van der Waals surface area contributed by atoms with Crippen LogP contribution in [-0.4, -0.2) is 30.3 Å². The molecule has 0 bridgehead atoms. The maximum Gasteiger partial charge on any atom is 0.252 e. The molecular formula is C24H31N3O3. The van der Waals surface area contributed by atoms with E-state index in [0.717, 1.165) is 22.4 Å². The smallest absolute Gasteiger partial charge is 0.252 e. The van der Waals surface area contributed by atoms with Crippen molar-refractivity contribution in [2.24, 2.45) is 5.92 Å². The molecular weight excluding hydrogens is 378 g/mol. The summed E-state index contributed by atoms with van der Waals surface area (Å²) in [5, 5.41) is 8.31. The summed E-state index contributed by atoms with van der Waals surface area (Å²) >= 11 is 0. The third-order valence-electron chi connectivity index (χ3n) is 4.89. The lowest BCUT2D eigenvalue weighted by Gasteiger charge is -2.21. The maximum atomic E-state index is 12.7. The van der Waals surface area contributed by atoms with Crippen LogP contribution in [0.1, 0.15) is 47.3 Å².